The van der Waals surface area contributed by atoms with E-state index in [-0.39, 0.29) is 5.78 Å². The fourth-order valence-electron chi connectivity index (χ4n) is 1.71. The molecule has 74 valence electrons. The van der Waals surface area contributed by atoms with Crippen LogP contribution in [-0.4, -0.2) is 12.4 Å². The molecule has 0 radical (unpaired) electrons. The van der Waals surface area contributed by atoms with Crippen LogP contribution in [0.4, 0.5) is 0 Å². The second kappa shape index (κ2) is 3.62. The van der Waals surface area contributed by atoms with E-state index in [2.05, 4.69) is 0 Å². The summed E-state index contributed by atoms with van der Waals surface area (Å²) in [5, 5.41) is 0.622. The number of rotatable bonds is 2. The Kier molecular flexibility index (Phi) is 2.46. The van der Waals surface area contributed by atoms with Crippen LogP contribution >= 0.6 is 11.6 Å². The molecule has 1 aromatic carbocycles. The molecule has 3 heteroatoms. The average molecular weight is 211 g/mol. The van der Waals surface area contributed by atoms with E-state index in [9.17, 15) is 4.79 Å². The van der Waals surface area contributed by atoms with Crippen molar-refractivity contribution in [3.63, 3.8) is 0 Å². The van der Waals surface area contributed by atoms with Crippen LogP contribution in [0.25, 0.3) is 0 Å². The van der Waals surface area contributed by atoms with E-state index in [0.29, 0.717) is 18.1 Å². The first-order valence-electron chi connectivity index (χ1n) is 4.60. The minimum atomic E-state index is 0.153. The van der Waals surface area contributed by atoms with Crippen molar-refractivity contribution in [1.29, 1.82) is 0 Å². The lowest BCUT2D eigenvalue weighted by molar-refractivity contribution is -0.116. The van der Waals surface area contributed by atoms with E-state index in [0.717, 1.165) is 23.3 Å². The maximum absolute atomic E-state index is 11.0. The van der Waals surface area contributed by atoms with Crippen LogP contribution < -0.4 is 4.74 Å². The Morgan fingerprint density at radius 1 is 1.57 bits per heavy atom. The predicted molar refractivity (Wildman–Crippen MR) is 55.0 cm³/mol. The van der Waals surface area contributed by atoms with Gasteiger partial charge in [0.25, 0.3) is 0 Å². The van der Waals surface area contributed by atoms with Gasteiger partial charge in [-0.2, -0.15) is 0 Å². The normalized spacial score (nSPS) is 13.6. The summed E-state index contributed by atoms with van der Waals surface area (Å²) in [5.41, 5.74) is 2.10. The second-order valence-corrected chi connectivity index (χ2v) is 3.95. The number of halogens is 1. The molecule has 0 unspecified atom stereocenters. The largest absolute Gasteiger partial charge is 0.491 e. The molecule has 2 rings (SSSR count). The molecule has 0 bridgehead atoms. The standard InChI is InChI=1S/C11H11ClO2/c1-7(13)4-8-5-9-2-3-14-11(9)10(12)6-8/h5-6H,2-4H2,1H3. The number of hydrogen-bond acceptors (Lipinski definition) is 2. The van der Waals surface area contributed by atoms with Crippen LogP contribution in [0, 0.1) is 0 Å². The highest BCUT2D eigenvalue weighted by molar-refractivity contribution is 6.32. The maximum Gasteiger partial charge on any atom is 0.141 e. The third-order valence-corrected chi connectivity index (χ3v) is 2.53. The molecule has 0 amide bonds. The van der Waals surface area contributed by atoms with Crippen molar-refractivity contribution in [2.24, 2.45) is 0 Å². The Labute approximate surface area is 87.8 Å². The molecule has 0 aliphatic carbocycles. The van der Waals surface area contributed by atoms with Crippen molar-refractivity contribution in [1.82, 2.24) is 0 Å². The highest BCUT2D eigenvalue weighted by Gasteiger charge is 2.16. The van der Waals surface area contributed by atoms with Gasteiger partial charge < -0.3 is 4.74 Å². The van der Waals surface area contributed by atoms with E-state index < -0.39 is 0 Å². The molecule has 1 aliphatic heterocycles. The first-order valence-corrected chi connectivity index (χ1v) is 4.98. The van der Waals surface area contributed by atoms with E-state index in [1.165, 1.54) is 0 Å². The summed E-state index contributed by atoms with van der Waals surface area (Å²) in [6.45, 7) is 2.27. The Balaban J connectivity index is 2.36. The van der Waals surface area contributed by atoms with Crippen molar-refractivity contribution in [2.45, 2.75) is 19.8 Å². The average Bonchev–Trinajstić information content (AvgIpc) is 2.50. The van der Waals surface area contributed by atoms with Crippen LogP contribution in [0.3, 0.4) is 0 Å². The number of Topliss-reactive ketones (excluding diaryl/α,β-unsaturated/α-hetero) is 1. The summed E-state index contributed by atoms with van der Waals surface area (Å²) in [6.07, 6.45) is 1.34. The van der Waals surface area contributed by atoms with E-state index in [4.69, 9.17) is 16.3 Å². The van der Waals surface area contributed by atoms with Gasteiger partial charge in [0.15, 0.2) is 0 Å². The second-order valence-electron chi connectivity index (χ2n) is 3.54. The van der Waals surface area contributed by atoms with Gasteiger partial charge in [0.05, 0.1) is 11.6 Å². The van der Waals surface area contributed by atoms with Gasteiger partial charge in [-0.25, -0.2) is 0 Å². The molecule has 0 spiro atoms. The summed E-state index contributed by atoms with van der Waals surface area (Å²) in [6, 6.07) is 3.82. The molecule has 2 nitrogen and oxygen atoms in total. The third-order valence-electron chi connectivity index (χ3n) is 2.25. The third kappa shape index (κ3) is 1.75. The Bertz CT molecular complexity index is 385. The minimum absolute atomic E-state index is 0.153. The van der Waals surface area contributed by atoms with Gasteiger partial charge in [0.2, 0.25) is 0 Å². The number of ether oxygens (including phenoxy) is 1. The molecule has 14 heavy (non-hydrogen) atoms. The number of benzene rings is 1. The molecule has 1 heterocycles. The minimum Gasteiger partial charge on any atom is -0.491 e. The fourth-order valence-corrected chi connectivity index (χ4v) is 2.03. The van der Waals surface area contributed by atoms with Gasteiger partial charge in [0, 0.05) is 12.8 Å². The van der Waals surface area contributed by atoms with Crippen LogP contribution in [-0.2, 0) is 17.6 Å². The van der Waals surface area contributed by atoms with Gasteiger partial charge in [-0.3, -0.25) is 4.79 Å². The topological polar surface area (TPSA) is 26.3 Å². The van der Waals surface area contributed by atoms with Crippen molar-refractivity contribution >= 4 is 17.4 Å². The molecule has 0 saturated carbocycles. The summed E-state index contributed by atoms with van der Waals surface area (Å²) in [4.78, 5) is 11.0. The van der Waals surface area contributed by atoms with Gasteiger partial charge in [-0.1, -0.05) is 17.7 Å². The fraction of sp³-hybridized carbons (Fsp3) is 0.364. The first kappa shape index (κ1) is 9.53. The zero-order chi connectivity index (χ0) is 10.1. The van der Waals surface area contributed by atoms with Crippen LogP contribution in [0.15, 0.2) is 12.1 Å². The van der Waals surface area contributed by atoms with E-state index in [1.54, 1.807) is 6.92 Å². The molecule has 0 atom stereocenters. The number of fused-ring (bicyclic) bond motifs is 1. The summed E-state index contributed by atoms with van der Waals surface area (Å²) in [5.74, 6) is 0.943. The van der Waals surface area contributed by atoms with Crippen LogP contribution in [0.5, 0.6) is 5.75 Å². The molecular formula is C11H11ClO2. The zero-order valence-corrected chi connectivity index (χ0v) is 8.73. The van der Waals surface area contributed by atoms with Gasteiger partial charge >= 0.3 is 0 Å². The number of ketones is 1. The smallest absolute Gasteiger partial charge is 0.141 e. The summed E-state index contributed by atoms with van der Waals surface area (Å²) in [7, 11) is 0. The lowest BCUT2D eigenvalue weighted by Crippen LogP contribution is -1.96. The highest BCUT2D eigenvalue weighted by Crippen LogP contribution is 2.34. The maximum atomic E-state index is 11.0. The lowest BCUT2D eigenvalue weighted by Gasteiger charge is -2.04. The van der Waals surface area contributed by atoms with Crippen LogP contribution in [0.2, 0.25) is 5.02 Å². The summed E-state index contributed by atoms with van der Waals surface area (Å²) < 4.78 is 5.37. The molecule has 0 aromatic heterocycles. The first-order chi connectivity index (χ1) is 6.66. The molecule has 0 fully saturated rings. The molecule has 0 N–H and O–H groups in total. The van der Waals surface area contributed by atoms with Gasteiger partial charge in [-0.15, -0.1) is 0 Å². The van der Waals surface area contributed by atoms with E-state index >= 15 is 0 Å². The Hall–Kier alpha value is -1.02. The molecule has 1 aromatic rings. The van der Waals surface area contributed by atoms with Crippen molar-refractivity contribution < 1.29 is 9.53 Å². The predicted octanol–water partition coefficient (Wildman–Crippen LogP) is 2.41. The number of carbonyl (C=O) groups excluding carboxylic acids is 1. The Morgan fingerprint density at radius 2 is 2.36 bits per heavy atom. The molecule has 1 aliphatic rings. The van der Waals surface area contributed by atoms with Crippen molar-refractivity contribution in [3.05, 3.63) is 28.3 Å². The van der Waals surface area contributed by atoms with Crippen LogP contribution in [0.1, 0.15) is 18.1 Å². The monoisotopic (exact) mass is 210 g/mol. The van der Waals surface area contributed by atoms with Gasteiger partial charge in [0.1, 0.15) is 11.5 Å². The van der Waals surface area contributed by atoms with E-state index in [1.807, 2.05) is 12.1 Å². The lowest BCUT2D eigenvalue weighted by atomic mass is 10.0. The molecular weight excluding hydrogens is 200 g/mol. The van der Waals surface area contributed by atoms with Crippen molar-refractivity contribution in [2.75, 3.05) is 6.61 Å². The number of carbonyl (C=O) groups is 1. The van der Waals surface area contributed by atoms with Crippen molar-refractivity contribution in [3.8, 4) is 5.75 Å². The number of hydrogen-bond donors (Lipinski definition) is 0. The highest BCUT2D eigenvalue weighted by atomic mass is 35.5. The zero-order valence-electron chi connectivity index (χ0n) is 7.97. The summed E-state index contributed by atoms with van der Waals surface area (Å²) >= 11 is 6.02. The Morgan fingerprint density at radius 3 is 3.07 bits per heavy atom. The molecule has 0 saturated heterocycles. The quantitative estimate of drug-likeness (QED) is 0.750. The SMILES string of the molecule is CC(=O)Cc1cc(Cl)c2c(c1)CCO2. The van der Waals surface area contributed by atoms with Gasteiger partial charge in [-0.05, 0) is 24.1 Å².